The maximum Gasteiger partial charge on any atom is 0.338 e. The lowest BCUT2D eigenvalue weighted by Gasteiger charge is -2.01. The maximum atomic E-state index is 12.3. The topological polar surface area (TPSA) is 77.7 Å². The molecular formula is C15H14N2O4S3. The molecule has 0 spiro atoms. The second-order valence-corrected chi connectivity index (χ2v) is 8.63. The summed E-state index contributed by atoms with van der Waals surface area (Å²) >= 11 is 2.34. The van der Waals surface area contributed by atoms with E-state index in [0.717, 1.165) is 21.6 Å². The molecule has 0 bridgehead atoms. The molecule has 0 amide bonds. The van der Waals surface area contributed by atoms with Gasteiger partial charge in [-0.2, -0.15) is 8.42 Å². The van der Waals surface area contributed by atoms with Gasteiger partial charge < -0.3 is 9.30 Å². The first-order chi connectivity index (χ1) is 11.4. The van der Waals surface area contributed by atoms with Crippen LogP contribution in [0.25, 0.3) is 10.2 Å². The zero-order valence-corrected chi connectivity index (χ0v) is 15.4. The SMILES string of the molecule is CCOC(=O)c1ccc2c(c1)sc(=NS(=O)(=O)c1cccs1)n2C. The van der Waals surface area contributed by atoms with E-state index in [-0.39, 0.29) is 4.21 Å². The van der Waals surface area contributed by atoms with Crippen LogP contribution >= 0.6 is 22.7 Å². The zero-order chi connectivity index (χ0) is 17.3. The normalized spacial score (nSPS) is 12.7. The van der Waals surface area contributed by atoms with E-state index in [2.05, 4.69) is 4.40 Å². The lowest BCUT2D eigenvalue weighted by atomic mass is 10.2. The van der Waals surface area contributed by atoms with E-state index in [4.69, 9.17) is 4.74 Å². The molecule has 0 saturated heterocycles. The molecule has 1 aromatic carbocycles. The number of benzene rings is 1. The molecule has 6 nitrogen and oxygen atoms in total. The number of thiophene rings is 1. The van der Waals surface area contributed by atoms with Crippen molar-refractivity contribution >= 4 is 48.9 Å². The number of aryl methyl sites for hydroxylation is 1. The van der Waals surface area contributed by atoms with Gasteiger partial charge in [0, 0.05) is 7.05 Å². The molecule has 0 aliphatic heterocycles. The van der Waals surface area contributed by atoms with Crippen LogP contribution < -0.4 is 4.80 Å². The molecule has 3 aromatic rings. The number of aromatic nitrogens is 1. The quantitative estimate of drug-likeness (QED) is 0.650. The smallest absolute Gasteiger partial charge is 0.338 e. The van der Waals surface area contributed by atoms with E-state index < -0.39 is 16.0 Å². The number of rotatable bonds is 4. The Morgan fingerprint density at radius 3 is 2.79 bits per heavy atom. The number of fused-ring (bicyclic) bond motifs is 1. The first kappa shape index (κ1) is 16.9. The summed E-state index contributed by atoms with van der Waals surface area (Å²) in [4.78, 5) is 12.2. The Hall–Kier alpha value is -1.97. The Morgan fingerprint density at radius 1 is 1.33 bits per heavy atom. The summed E-state index contributed by atoms with van der Waals surface area (Å²) in [5.74, 6) is -0.403. The van der Waals surface area contributed by atoms with Crippen molar-refractivity contribution in [2.24, 2.45) is 11.4 Å². The second kappa shape index (κ2) is 6.50. The molecule has 0 saturated carbocycles. The minimum Gasteiger partial charge on any atom is -0.462 e. The third kappa shape index (κ3) is 3.14. The van der Waals surface area contributed by atoms with Crippen LogP contribution in [0.15, 0.2) is 44.3 Å². The van der Waals surface area contributed by atoms with Crippen LogP contribution in [-0.4, -0.2) is 25.6 Å². The summed E-state index contributed by atoms with van der Waals surface area (Å²) in [5.41, 5.74) is 1.23. The molecule has 0 unspecified atom stereocenters. The minimum atomic E-state index is -3.73. The number of sulfonamides is 1. The zero-order valence-electron chi connectivity index (χ0n) is 12.9. The van der Waals surface area contributed by atoms with E-state index >= 15 is 0 Å². The van der Waals surface area contributed by atoms with E-state index in [1.54, 1.807) is 48.2 Å². The predicted molar refractivity (Wildman–Crippen MR) is 93.8 cm³/mol. The van der Waals surface area contributed by atoms with Crippen LogP contribution in [0, 0.1) is 0 Å². The van der Waals surface area contributed by atoms with Crippen LogP contribution in [0.5, 0.6) is 0 Å². The van der Waals surface area contributed by atoms with E-state index in [1.807, 2.05) is 0 Å². The van der Waals surface area contributed by atoms with Crippen molar-refractivity contribution < 1.29 is 17.9 Å². The van der Waals surface area contributed by atoms with Crippen molar-refractivity contribution in [3.63, 3.8) is 0 Å². The molecule has 126 valence electrons. The number of carbonyl (C=O) groups excluding carboxylic acids is 1. The van der Waals surface area contributed by atoms with E-state index in [1.165, 1.54) is 17.4 Å². The predicted octanol–water partition coefficient (Wildman–Crippen LogP) is 2.77. The van der Waals surface area contributed by atoms with Crippen LogP contribution in [0.4, 0.5) is 0 Å². The fourth-order valence-corrected chi connectivity index (χ4v) is 5.37. The number of hydrogen-bond acceptors (Lipinski definition) is 6. The van der Waals surface area contributed by atoms with E-state index in [9.17, 15) is 13.2 Å². The summed E-state index contributed by atoms with van der Waals surface area (Å²) < 4.78 is 36.2. The number of carbonyl (C=O) groups is 1. The summed E-state index contributed by atoms with van der Waals surface area (Å²) in [6.45, 7) is 2.04. The van der Waals surface area contributed by atoms with Gasteiger partial charge in [-0.15, -0.1) is 15.7 Å². The van der Waals surface area contributed by atoms with Gasteiger partial charge in [-0.05, 0) is 36.6 Å². The van der Waals surface area contributed by atoms with Crippen molar-refractivity contribution in [3.05, 3.63) is 46.1 Å². The second-order valence-electron chi connectivity index (χ2n) is 4.85. The van der Waals surface area contributed by atoms with E-state index in [0.29, 0.717) is 17.0 Å². The molecule has 2 heterocycles. The Bertz CT molecular complexity index is 1060. The van der Waals surface area contributed by atoms with Crippen molar-refractivity contribution in [2.75, 3.05) is 6.61 Å². The third-order valence-electron chi connectivity index (χ3n) is 3.27. The fourth-order valence-electron chi connectivity index (χ4n) is 2.12. The van der Waals surface area contributed by atoms with Crippen LogP contribution in [0.3, 0.4) is 0 Å². The Kier molecular flexibility index (Phi) is 4.57. The van der Waals surface area contributed by atoms with Gasteiger partial charge in [-0.3, -0.25) is 0 Å². The number of ether oxygens (including phenoxy) is 1. The molecule has 0 atom stereocenters. The van der Waals surface area contributed by atoms with Gasteiger partial charge in [0.05, 0.1) is 22.4 Å². The van der Waals surface area contributed by atoms with Crippen molar-refractivity contribution in [2.45, 2.75) is 11.1 Å². The molecule has 9 heteroatoms. The minimum absolute atomic E-state index is 0.201. The first-order valence-electron chi connectivity index (χ1n) is 7.03. The van der Waals surface area contributed by atoms with Gasteiger partial charge in [0.2, 0.25) is 4.80 Å². The number of hydrogen-bond donors (Lipinski definition) is 0. The summed E-state index contributed by atoms with van der Waals surface area (Å²) in [7, 11) is -1.99. The summed E-state index contributed by atoms with van der Waals surface area (Å²) in [6.07, 6.45) is 0. The molecule has 0 fully saturated rings. The highest BCUT2D eigenvalue weighted by atomic mass is 32.2. The highest BCUT2D eigenvalue weighted by Crippen LogP contribution is 2.21. The lowest BCUT2D eigenvalue weighted by Crippen LogP contribution is -2.13. The van der Waals surface area contributed by atoms with Gasteiger partial charge >= 0.3 is 5.97 Å². The van der Waals surface area contributed by atoms with Gasteiger partial charge in [-0.25, -0.2) is 4.79 Å². The number of esters is 1. The highest BCUT2D eigenvalue weighted by molar-refractivity contribution is 7.92. The maximum absolute atomic E-state index is 12.3. The molecule has 0 aliphatic carbocycles. The summed E-state index contributed by atoms with van der Waals surface area (Å²) in [5, 5.41) is 1.69. The van der Waals surface area contributed by atoms with Crippen molar-refractivity contribution in [3.8, 4) is 0 Å². The van der Waals surface area contributed by atoms with Gasteiger partial charge in [0.15, 0.2) is 0 Å². The molecule has 0 aliphatic rings. The molecule has 0 radical (unpaired) electrons. The average Bonchev–Trinajstić information content (AvgIpc) is 3.17. The Morgan fingerprint density at radius 2 is 2.12 bits per heavy atom. The van der Waals surface area contributed by atoms with Crippen LogP contribution in [0.2, 0.25) is 0 Å². The third-order valence-corrected chi connectivity index (χ3v) is 7.12. The molecule has 3 rings (SSSR count). The molecule has 2 aromatic heterocycles. The summed E-state index contributed by atoms with van der Waals surface area (Å²) in [6, 6.07) is 8.30. The van der Waals surface area contributed by atoms with Gasteiger partial charge in [0.1, 0.15) is 4.21 Å². The Balaban J connectivity index is 2.12. The van der Waals surface area contributed by atoms with Crippen LogP contribution in [0.1, 0.15) is 17.3 Å². The molecular weight excluding hydrogens is 368 g/mol. The fraction of sp³-hybridized carbons (Fsp3) is 0.200. The van der Waals surface area contributed by atoms with Crippen LogP contribution in [-0.2, 0) is 21.8 Å². The number of thiazole rings is 1. The van der Waals surface area contributed by atoms with Gasteiger partial charge in [-0.1, -0.05) is 17.4 Å². The first-order valence-corrected chi connectivity index (χ1v) is 10.2. The van der Waals surface area contributed by atoms with Crippen molar-refractivity contribution in [1.82, 2.24) is 4.57 Å². The number of nitrogens with zero attached hydrogens (tertiary/aromatic N) is 2. The highest BCUT2D eigenvalue weighted by Gasteiger charge is 2.15. The molecule has 0 N–H and O–H groups in total. The molecule has 24 heavy (non-hydrogen) atoms. The lowest BCUT2D eigenvalue weighted by molar-refractivity contribution is 0.0526. The Labute approximate surface area is 146 Å². The van der Waals surface area contributed by atoms with Gasteiger partial charge in [0.25, 0.3) is 10.0 Å². The standard InChI is InChI=1S/C15H14N2O4S3/c1-3-21-14(18)10-6-7-11-12(9-10)23-15(17(11)2)16-24(19,20)13-5-4-8-22-13/h4-9H,3H2,1-2H3. The monoisotopic (exact) mass is 382 g/mol. The average molecular weight is 382 g/mol. The van der Waals surface area contributed by atoms with Crippen molar-refractivity contribution in [1.29, 1.82) is 0 Å². The largest absolute Gasteiger partial charge is 0.462 e.